The minimum atomic E-state index is 0.491. The number of rotatable bonds is 0. The van der Waals surface area contributed by atoms with Crippen molar-refractivity contribution < 1.29 is 0 Å². The summed E-state index contributed by atoms with van der Waals surface area (Å²) in [6, 6.07) is 0. The number of hydrogen-bond acceptors (Lipinski definition) is 0. The van der Waals surface area contributed by atoms with Crippen molar-refractivity contribution in [2.75, 3.05) is 0 Å². The lowest BCUT2D eigenvalue weighted by molar-refractivity contribution is 0.354. The second-order valence-corrected chi connectivity index (χ2v) is 5.23. The predicted octanol–water partition coefficient (Wildman–Crippen LogP) is 4.23. The van der Waals surface area contributed by atoms with Crippen LogP contribution in [0, 0.1) is 5.41 Å². The molecule has 0 N–H and O–H groups in total. The van der Waals surface area contributed by atoms with Gasteiger partial charge in [-0.25, -0.2) is 0 Å². The van der Waals surface area contributed by atoms with Crippen LogP contribution in [0.2, 0.25) is 0 Å². The topological polar surface area (TPSA) is 0 Å². The van der Waals surface area contributed by atoms with Gasteiger partial charge in [0, 0.05) is 0 Å². The van der Waals surface area contributed by atoms with Crippen LogP contribution in [0.3, 0.4) is 0 Å². The highest BCUT2D eigenvalue weighted by atomic mass is 14.3. The maximum atomic E-state index is 2.44. The first-order valence-corrected chi connectivity index (χ1v) is 5.49. The normalized spacial score (nSPS) is 26.8. The quantitative estimate of drug-likeness (QED) is 0.518. The van der Waals surface area contributed by atoms with Crippen molar-refractivity contribution in [3.05, 3.63) is 22.8 Å². The molecule has 0 heterocycles. The van der Waals surface area contributed by atoms with E-state index >= 15 is 0 Å². The molecule has 0 spiro atoms. The molecule has 0 aromatic carbocycles. The Balaban J connectivity index is 2.39. The van der Waals surface area contributed by atoms with Gasteiger partial charge in [0.2, 0.25) is 0 Å². The zero-order valence-electron chi connectivity index (χ0n) is 9.11. The third kappa shape index (κ3) is 1.59. The summed E-state index contributed by atoms with van der Waals surface area (Å²) in [7, 11) is 0. The van der Waals surface area contributed by atoms with Crippen LogP contribution in [0.5, 0.6) is 0 Å². The summed E-state index contributed by atoms with van der Waals surface area (Å²) >= 11 is 0. The number of hydrogen-bond donors (Lipinski definition) is 0. The van der Waals surface area contributed by atoms with E-state index in [4.69, 9.17) is 0 Å². The zero-order valence-corrected chi connectivity index (χ0v) is 9.11. The van der Waals surface area contributed by atoms with E-state index in [1.165, 1.54) is 32.1 Å². The molecule has 0 nitrogen and oxygen atoms in total. The van der Waals surface area contributed by atoms with Crippen molar-refractivity contribution in [1.29, 1.82) is 0 Å². The van der Waals surface area contributed by atoms with Gasteiger partial charge in [-0.2, -0.15) is 0 Å². The van der Waals surface area contributed by atoms with Crippen LogP contribution in [0.15, 0.2) is 22.8 Å². The Morgan fingerprint density at radius 3 is 2.69 bits per heavy atom. The fourth-order valence-corrected chi connectivity index (χ4v) is 2.81. The van der Waals surface area contributed by atoms with Crippen molar-refractivity contribution in [3.63, 3.8) is 0 Å². The Labute approximate surface area is 81.7 Å². The minimum absolute atomic E-state index is 0.491. The summed E-state index contributed by atoms with van der Waals surface area (Å²) in [6.45, 7) is 7.09. The third-order valence-corrected chi connectivity index (χ3v) is 3.64. The molecule has 0 heteroatoms. The second kappa shape index (κ2) is 3.01. The predicted molar refractivity (Wildman–Crippen MR) is 57.6 cm³/mol. The first-order valence-electron chi connectivity index (χ1n) is 5.49. The average Bonchev–Trinajstić information content (AvgIpc) is 2.02. The molecule has 0 radical (unpaired) electrons. The fraction of sp³-hybridized carbons (Fsp3) is 0.692. The maximum Gasteiger partial charge on any atom is -0.0139 e. The average molecular weight is 176 g/mol. The molecule has 0 amide bonds. The first kappa shape index (κ1) is 9.05. The molecular formula is C13H20. The summed E-state index contributed by atoms with van der Waals surface area (Å²) in [5, 5.41) is 0. The van der Waals surface area contributed by atoms with Crippen molar-refractivity contribution in [1.82, 2.24) is 0 Å². The van der Waals surface area contributed by atoms with Crippen LogP contribution in [0.1, 0.15) is 52.9 Å². The van der Waals surface area contributed by atoms with E-state index in [1.54, 1.807) is 16.7 Å². The largest absolute Gasteiger partial charge is 0.0727 e. The highest BCUT2D eigenvalue weighted by Crippen LogP contribution is 2.45. The molecule has 13 heavy (non-hydrogen) atoms. The van der Waals surface area contributed by atoms with E-state index in [0.717, 1.165) is 0 Å². The van der Waals surface area contributed by atoms with Gasteiger partial charge in [0.05, 0.1) is 0 Å². The van der Waals surface area contributed by atoms with E-state index in [2.05, 4.69) is 26.8 Å². The minimum Gasteiger partial charge on any atom is -0.0727 e. The lowest BCUT2D eigenvalue weighted by atomic mass is 9.69. The Kier molecular flexibility index (Phi) is 2.09. The summed E-state index contributed by atoms with van der Waals surface area (Å²) < 4.78 is 0. The summed E-state index contributed by atoms with van der Waals surface area (Å²) in [5.41, 5.74) is 5.49. The molecule has 0 atom stereocenters. The highest BCUT2D eigenvalue weighted by molar-refractivity contribution is 5.37. The van der Waals surface area contributed by atoms with Crippen LogP contribution in [0.25, 0.3) is 0 Å². The Bertz CT molecular complexity index is 276. The van der Waals surface area contributed by atoms with Gasteiger partial charge in [0.25, 0.3) is 0 Å². The molecule has 0 bridgehead atoms. The SMILES string of the molecule is CC1=CC2=C(CC1)C(C)(C)CCC2. The monoisotopic (exact) mass is 176 g/mol. The van der Waals surface area contributed by atoms with Crippen LogP contribution >= 0.6 is 0 Å². The summed E-state index contributed by atoms with van der Waals surface area (Å²) in [6.07, 6.45) is 9.16. The van der Waals surface area contributed by atoms with Gasteiger partial charge in [0.15, 0.2) is 0 Å². The van der Waals surface area contributed by atoms with Gasteiger partial charge < -0.3 is 0 Å². The number of allylic oxidation sites excluding steroid dienone is 4. The Hall–Kier alpha value is -0.520. The fourth-order valence-electron chi connectivity index (χ4n) is 2.81. The molecule has 0 saturated carbocycles. The molecule has 2 aliphatic rings. The van der Waals surface area contributed by atoms with Crippen molar-refractivity contribution in [3.8, 4) is 0 Å². The van der Waals surface area contributed by atoms with Crippen molar-refractivity contribution in [2.45, 2.75) is 52.9 Å². The second-order valence-electron chi connectivity index (χ2n) is 5.23. The van der Waals surface area contributed by atoms with Gasteiger partial charge >= 0.3 is 0 Å². The molecule has 0 aromatic heterocycles. The first-order chi connectivity index (χ1) is 6.09. The van der Waals surface area contributed by atoms with E-state index in [1.807, 2.05) is 0 Å². The molecule has 2 aliphatic carbocycles. The highest BCUT2D eigenvalue weighted by Gasteiger charge is 2.29. The Morgan fingerprint density at radius 2 is 1.92 bits per heavy atom. The molecule has 0 unspecified atom stereocenters. The molecule has 2 rings (SSSR count). The van der Waals surface area contributed by atoms with E-state index in [9.17, 15) is 0 Å². The zero-order chi connectivity index (χ0) is 9.47. The van der Waals surface area contributed by atoms with Crippen molar-refractivity contribution in [2.24, 2.45) is 5.41 Å². The molecule has 0 fully saturated rings. The van der Waals surface area contributed by atoms with Gasteiger partial charge in [-0.3, -0.25) is 0 Å². The van der Waals surface area contributed by atoms with E-state index < -0.39 is 0 Å². The van der Waals surface area contributed by atoms with Gasteiger partial charge in [-0.1, -0.05) is 31.1 Å². The smallest absolute Gasteiger partial charge is 0.0139 e. The lowest BCUT2D eigenvalue weighted by Crippen LogP contribution is -2.22. The Morgan fingerprint density at radius 1 is 1.15 bits per heavy atom. The third-order valence-electron chi connectivity index (χ3n) is 3.64. The van der Waals surface area contributed by atoms with Gasteiger partial charge in [0.1, 0.15) is 0 Å². The standard InChI is InChI=1S/C13H20/c1-10-6-7-12-11(9-10)5-4-8-13(12,2)3/h9H,4-8H2,1-3H3. The van der Waals surface area contributed by atoms with Crippen LogP contribution in [-0.2, 0) is 0 Å². The van der Waals surface area contributed by atoms with Crippen LogP contribution in [-0.4, -0.2) is 0 Å². The molecule has 72 valence electrons. The van der Waals surface area contributed by atoms with Crippen LogP contribution in [0.4, 0.5) is 0 Å². The molecule has 0 saturated heterocycles. The molecule has 0 aromatic rings. The summed E-state index contributed by atoms with van der Waals surface area (Å²) in [5.74, 6) is 0. The van der Waals surface area contributed by atoms with Crippen LogP contribution < -0.4 is 0 Å². The lowest BCUT2D eigenvalue weighted by Gasteiger charge is -2.37. The van der Waals surface area contributed by atoms with Crippen molar-refractivity contribution >= 4 is 0 Å². The van der Waals surface area contributed by atoms with E-state index in [0.29, 0.717) is 5.41 Å². The van der Waals surface area contributed by atoms with E-state index in [-0.39, 0.29) is 0 Å². The van der Waals surface area contributed by atoms with Gasteiger partial charge in [-0.15, -0.1) is 0 Å². The maximum absolute atomic E-state index is 2.44. The molecular weight excluding hydrogens is 156 g/mol. The molecule has 0 aliphatic heterocycles. The summed E-state index contributed by atoms with van der Waals surface area (Å²) in [4.78, 5) is 0. The van der Waals surface area contributed by atoms with Gasteiger partial charge in [-0.05, 0) is 50.0 Å².